The fourth-order valence-corrected chi connectivity index (χ4v) is 4.72. The van der Waals surface area contributed by atoms with E-state index in [2.05, 4.69) is 0 Å². The molecule has 3 aromatic rings. The van der Waals surface area contributed by atoms with Gasteiger partial charge in [-0.2, -0.15) is 0 Å². The van der Waals surface area contributed by atoms with Crippen LogP contribution in [0.5, 0.6) is 5.75 Å². The monoisotopic (exact) mass is 399 g/mol. The largest absolute Gasteiger partial charge is 0.497 e. The number of carbonyl (C=O) groups excluding carboxylic acids is 3. The fraction of sp³-hybridized carbons (Fsp3) is 0.240. The highest BCUT2D eigenvalue weighted by Crippen LogP contribution is 2.43. The van der Waals surface area contributed by atoms with E-state index in [0.717, 1.165) is 11.4 Å². The van der Waals surface area contributed by atoms with Crippen LogP contribution in [0.3, 0.4) is 0 Å². The zero-order valence-electron chi connectivity index (χ0n) is 17.1. The molecule has 2 aromatic carbocycles. The van der Waals surface area contributed by atoms with Crippen LogP contribution >= 0.6 is 0 Å². The van der Waals surface area contributed by atoms with Gasteiger partial charge >= 0.3 is 0 Å². The first-order valence-corrected chi connectivity index (χ1v) is 9.96. The first-order chi connectivity index (χ1) is 14.3. The molecule has 0 unspecified atom stereocenters. The van der Waals surface area contributed by atoms with Gasteiger partial charge in [0.15, 0.2) is 11.6 Å². The highest BCUT2D eigenvalue weighted by molar-refractivity contribution is 6.31. The van der Waals surface area contributed by atoms with Crippen molar-refractivity contribution in [2.45, 2.75) is 26.7 Å². The molecule has 0 saturated carbocycles. The molecule has 0 N–H and O–H groups in total. The lowest BCUT2D eigenvalue weighted by Crippen LogP contribution is -2.28. The van der Waals surface area contributed by atoms with E-state index in [1.54, 1.807) is 31.4 Å². The Morgan fingerprint density at radius 3 is 2.10 bits per heavy atom. The molecule has 0 spiro atoms. The molecule has 0 saturated heterocycles. The molecule has 2 aliphatic rings. The maximum atomic E-state index is 13.5. The minimum Gasteiger partial charge on any atom is -0.497 e. The number of hydrogen-bond donors (Lipinski definition) is 0. The van der Waals surface area contributed by atoms with Crippen LogP contribution in [0.2, 0.25) is 0 Å². The van der Waals surface area contributed by atoms with Crippen molar-refractivity contribution in [1.29, 1.82) is 0 Å². The number of carbonyl (C=O) groups is 3. The van der Waals surface area contributed by atoms with Crippen LogP contribution in [0.15, 0.2) is 48.5 Å². The summed E-state index contributed by atoms with van der Waals surface area (Å²) in [4.78, 5) is 40.2. The summed E-state index contributed by atoms with van der Waals surface area (Å²) in [7, 11) is 1.59. The number of benzene rings is 2. The Bertz CT molecular complexity index is 1240. The molecule has 0 radical (unpaired) electrons. The van der Waals surface area contributed by atoms with Gasteiger partial charge in [0.05, 0.1) is 18.2 Å². The molecule has 0 aliphatic heterocycles. The molecule has 1 aromatic heterocycles. The lowest BCUT2D eigenvalue weighted by atomic mass is 9.74. The smallest absolute Gasteiger partial charge is 0.211 e. The molecule has 5 heteroatoms. The molecule has 0 fully saturated rings. The van der Waals surface area contributed by atoms with Gasteiger partial charge in [0.25, 0.3) is 0 Å². The number of fused-ring (bicyclic) bond motifs is 4. The summed E-state index contributed by atoms with van der Waals surface area (Å²) in [6.07, 6.45) is 0.951. The molecule has 1 heterocycles. The van der Waals surface area contributed by atoms with Gasteiger partial charge in [0.1, 0.15) is 11.4 Å². The lowest BCUT2D eigenvalue weighted by Gasteiger charge is -2.30. The third-order valence-electron chi connectivity index (χ3n) is 6.02. The Balaban J connectivity index is 1.86. The number of nitrogens with zero attached hydrogens (tertiary/aromatic N) is 1. The molecular weight excluding hydrogens is 378 g/mol. The average molecular weight is 399 g/mol. The molecule has 0 amide bonds. The van der Waals surface area contributed by atoms with Crippen LogP contribution in [0, 0.1) is 5.41 Å². The number of rotatable bonds is 2. The van der Waals surface area contributed by atoms with E-state index in [4.69, 9.17) is 4.74 Å². The van der Waals surface area contributed by atoms with E-state index in [-0.39, 0.29) is 28.3 Å². The van der Waals surface area contributed by atoms with E-state index in [0.29, 0.717) is 41.0 Å². The maximum absolute atomic E-state index is 13.5. The van der Waals surface area contributed by atoms with E-state index in [1.807, 2.05) is 42.7 Å². The maximum Gasteiger partial charge on any atom is 0.211 e. The highest BCUT2D eigenvalue weighted by Gasteiger charge is 2.44. The molecule has 0 atom stereocenters. The third-order valence-corrected chi connectivity index (χ3v) is 6.02. The van der Waals surface area contributed by atoms with Crippen molar-refractivity contribution in [3.63, 3.8) is 0 Å². The Morgan fingerprint density at radius 1 is 0.833 bits per heavy atom. The summed E-state index contributed by atoms with van der Waals surface area (Å²) in [6.45, 7) is 4.08. The number of methoxy groups -OCH3 is 1. The van der Waals surface area contributed by atoms with Crippen LogP contribution in [0.25, 0.3) is 5.69 Å². The number of aromatic nitrogens is 1. The minimum absolute atomic E-state index is 0.0784. The zero-order valence-corrected chi connectivity index (χ0v) is 17.1. The molecule has 2 aliphatic carbocycles. The first kappa shape index (κ1) is 18.6. The van der Waals surface area contributed by atoms with Gasteiger partial charge in [-0.15, -0.1) is 0 Å². The van der Waals surface area contributed by atoms with Crippen molar-refractivity contribution in [1.82, 2.24) is 4.57 Å². The van der Waals surface area contributed by atoms with Gasteiger partial charge in [-0.1, -0.05) is 38.1 Å². The Hall–Kier alpha value is -3.47. The Kier molecular flexibility index (Phi) is 3.87. The molecule has 5 rings (SSSR count). The standard InChI is InChI=1S/C25H21NO4/c1-25(2)12-18-20(19(27)13-25)21-22(26(18)14-8-10-15(30-3)11-9-14)24(29)17-7-5-4-6-16(17)23(21)28/h4-11H,12-13H2,1-3H3. The highest BCUT2D eigenvalue weighted by atomic mass is 16.5. The summed E-state index contributed by atoms with van der Waals surface area (Å²) in [6, 6.07) is 14.2. The second-order valence-electron chi connectivity index (χ2n) is 8.72. The zero-order chi connectivity index (χ0) is 21.2. The van der Waals surface area contributed by atoms with Gasteiger partial charge in [-0.05, 0) is 36.1 Å². The van der Waals surface area contributed by atoms with Crippen LogP contribution in [-0.2, 0) is 6.42 Å². The lowest BCUT2D eigenvalue weighted by molar-refractivity contribution is 0.0902. The molecule has 150 valence electrons. The Labute approximate surface area is 174 Å². The number of ether oxygens (including phenoxy) is 1. The van der Waals surface area contributed by atoms with Crippen molar-refractivity contribution in [3.05, 3.63) is 82.2 Å². The molecule has 5 nitrogen and oxygen atoms in total. The Morgan fingerprint density at radius 2 is 1.47 bits per heavy atom. The molecule has 0 bridgehead atoms. The predicted molar refractivity (Wildman–Crippen MR) is 112 cm³/mol. The van der Waals surface area contributed by atoms with E-state index in [1.165, 1.54) is 0 Å². The number of ketones is 3. The summed E-state index contributed by atoms with van der Waals surface area (Å²) in [5, 5.41) is 0. The van der Waals surface area contributed by atoms with Crippen LogP contribution < -0.4 is 4.74 Å². The topological polar surface area (TPSA) is 65.4 Å². The SMILES string of the molecule is COc1ccc(-n2c3c(c4c2C(=O)c2ccccc2C4=O)C(=O)CC(C)(C)C3)cc1. The second-order valence-corrected chi connectivity index (χ2v) is 8.72. The van der Waals surface area contributed by atoms with Gasteiger partial charge in [-0.3, -0.25) is 14.4 Å². The first-order valence-electron chi connectivity index (χ1n) is 9.96. The van der Waals surface area contributed by atoms with Crippen molar-refractivity contribution < 1.29 is 19.1 Å². The summed E-state index contributed by atoms with van der Waals surface area (Å²) >= 11 is 0. The van der Waals surface area contributed by atoms with E-state index in [9.17, 15) is 14.4 Å². The normalized spacial score (nSPS) is 16.7. The summed E-state index contributed by atoms with van der Waals surface area (Å²) in [5.41, 5.74) is 2.92. The number of hydrogen-bond acceptors (Lipinski definition) is 4. The number of Topliss-reactive ketones (excluding diaryl/α,β-unsaturated/α-hetero) is 1. The van der Waals surface area contributed by atoms with Gasteiger partial charge < -0.3 is 9.30 Å². The minimum atomic E-state index is -0.256. The molecule has 30 heavy (non-hydrogen) atoms. The van der Waals surface area contributed by atoms with Crippen molar-refractivity contribution in [3.8, 4) is 11.4 Å². The van der Waals surface area contributed by atoms with Crippen LogP contribution in [0.4, 0.5) is 0 Å². The average Bonchev–Trinajstić information content (AvgIpc) is 3.06. The van der Waals surface area contributed by atoms with Gasteiger partial charge in [-0.25, -0.2) is 0 Å². The van der Waals surface area contributed by atoms with Crippen molar-refractivity contribution in [2.75, 3.05) is 7.11 Å². The molecular formula is C25H21NO4. The van der Waals surface area contributed by atoms with E-state index < -0.39 is 0 Å². The van der Waals surface area contributed by atoms with Crippen LogP contribution in [-0.4, -0.2) is 29.0 Å². The van der Waals surface area contributed by atoms with Crippen molar-refractivity contribution in [2.24, 2.45) is 5.41 Å². The van der Waals surface area contributed by atoms with Gasteiger partial charge in [0, 0.05) is 28.9 Å². The second kappa shape index (κ2) is 6.26. The predicted octanol–water partition coefficient (Wildman–Crippen LogP) is 4.42. The van der Waals surface area contributed by atoms with Crippen molar-refractivity contribution >= 4 is 17.3 Å². The quantitative estimate of drug-likeness (QED) is 0.501. The van der Waals surface area contributed by atoms with Gasteiger partial charge in [0.2, 0.25) is 5.78 Å². The third kappa shape index (κ3) is 2.51. The fourth-order valence-electron chi connectivity index (χ4n) is 4.72. The summed E-state index contributed by atoms with van der Waals surface area (Å²) < 4.78 is 7.08. The van der Waals surface area contributed by atoms with E-state index >= 15 is 0 Å². The van der Waals surface area contributed by atoms with Crippen LogP contribution in [0.1, 0.15) is 68.3 Å². The summed E-state index contributed by atoms with van der Waals surface area (Å²) in [5.74, 6) is 0.135.